The van der Waals surface area contributed by atoms with Gasteiger partial charge in [0.05, 0.1) is 19.8 Å². The molecule has 1 heterocycles. The van der Waals surface area contributed by atoms with E-state index in [1.165, 1.54) is 17.7 Å². The van der Waals surface area contributed by atoms with Crippen LogP contribution in [0.25, 0.3) is 0 Å². The lowest BCUT2D eigenvalue weighted by molar-refractivity contribution is -0.132. The maximum atomic E-state index is 13.8. The van der Waals surface area contributed by atoms with Gasteiger partial charge in [0.25, 0.3) is 0 Å². The normalized spacial score (nSPS) is 13.2. The molecule has 0 spiro atoms. The molecule has 47 heavy (non-hydrogen) atoms. The van der Waals surface area contributed by atoms with Gasteiger partial charge in [0, 0.05) is 57.3 Å². The molecule has 0 unspecified atom stereocenters. The van der Waals surface area contributed by atoms with E-state index in [0.717, 1.165) is 50.4 Å². The number of hydrogen-bond acceptors (Lipinski definition) is 5. The Bertz CT molecular complexity index is 1530. The molecule has 8 heteroatoms. The zero-order valence-corrected chi connectivity index (χ0v) is 26.9. The highest BCUT2D eigenvalue weighted by molar-refractivity contribution is 5.93. The first-order valence-corrected chi connectivity index (χ1v) is 16.5. The second kappa shape index (κ2) is 18.0. The van der Waals surface area contributed by atoms with Crippen LogP contribution in [0, 0.1) is 5.82 Å². The van der Waals surface area contributed by atoms with Crippen LogP contribution < -0.4 is 9.64 Å². The van der Waals surface area contributed by atoms with Crippen molar-refractivity contribution in [2.45, 2.75) is 38.8 Å². The van der Waals surface area contributed by atoms with Crippen LogP contribution in [0.4, 0.5) is 10.1 Å². The van der Waals surface area contributed by atoms with Crippen molar-refractivity contribution in [2.24, 2.45) is 0 Å². The predicted molar refractivity (Wildman–Crippen MR) is 183 cm³/mol. The number of hydrogen-bond donors (Lipinski definition) is 0. The van der Waals surface area contributed by atoms with Gasteiger partial charge in [-0.05, 0) is 53.8 Å². The minimum Gasteiger partial charge on any atom is -0.492 e. The summed E-state index contributed by atoms with van der Waals surface area (Å²) < 4.78 is 25.2. The summed E-state index contributed by atoms with van der Waals surface area (Å²) in [7, 11) is 0. The first kappa shape index (κ1) is 33.8. The summed E-state index contributed by atoms with van der Waals surface area (Å²) >= 11 is 0. The van der Waals surface area contributed by atoms with E-state index in [4.69, 9.17) is 9.47 Å². The summed E-state index contributed by atoms with van der Waals surface area (Å²) in [6.07, 6.45) is 1.65. The van der Waals surface area contributed by atoms with Gasteiger partial charge >= 0.3 is 0 Å². The van der Waals surface area contributed by atoms with Crippen molar-refractivity contribution in [3.63, 3.8) is 0 Å². The van der Waals surface area contributed by atoms with Crippen molar-refractivity contribution in [1.29, 1.82) is 0 Å². The molecule has 0 atom stereocenters. The van der Waals surface area contributed by atoms with Gasteiger partial charge in [0.2, 0.25) is 11.8 Å². The van der Waals surface area contributed by atoms with Crippen molar-refractivity contribution in [2.75, 3.05) is 50.9 Å². The number of amides is 2. The van der Waals surface area contributed by atoms with Crippen LogP contribution in [0.1, 0.15) is 36.0 Å². The highest BCUT2D eigenvalue weighted by atomic mass is 19.1. The number of halogens is 1. The molecule has 0 bridgehead atoms. The van der Waals surface area contributed by atoms with Crippen LogP contribution in [0.15, 0.2) is 109 Å². The molecular formula is C39H44FN3O4. The number of carbonyl (C=O) groups is 2. The topological polar surface area (TPSA) is 62.3 Å². The number of nitrogens with zero attached hydrogens (tertiary/aromatic N) is 3. The molecule has 0 N–H and O–H groups in total. The van der Waals surface area contributed by atoms with Gasteiger partial charge in [0.15, 0.2) is 0 Å². The fourth-order valence-electron chi connectivity index (χ4n) is 5.64. The summed E-state index contributed by atoms with van der Waals surface area (Å²) in [6, 6.07) is 33.8. The van der Waals surface area contributed by atoms with Gasteiger partial charge in [-0.1, -0.05) is 78.9 Å². The Hall–Kier alpha value is -4.53. The Labute approximate surface area is 277 Å². The Morgan fingerprint density at radius 3 is 2.13 bits per heavy atom. The van der Waals surface area contributed by atoms with Crippen LogP contribution >= 0.6 is 0 Å². The lowest BCUT2D eigenvalue weighted by Crippen LogP contribution is -2.38. The number of ether oxygens (including phenoxy) is 2. The molecule has 0 radical (unpaired) electrons. The van der Waals surface area contributed by atoms with Crippen LogP contribution in [0.2, 0.25) is 0 Å². The molecule has 1 aliphatic heterocycles. The zero-order chi connectivity index (χ0) is 32.7. The highest BCUT2D eigenvalue weighted by Gasteiger charge is 2.20. The standard InChI is InChI=1S/C39H44FN3O4/c40-35-19-17-34(18-20-35)31-43(36-13-7-14-37(29-36)47-28-25-41-23-26-46-27-24-41)39(45)16-8-15-38(44)42(30-33-11-5-2-6-12-33)22-21-32-9-3-1-4-10-32/h1-7,9-14,17-20,29H,8,15-16,21-28,30-31H2. The van der Waals surface area contributed by atoms with E-state index in [0.29, 0.717) is 37.6 Å². The fraction of sp³-hybridized carbons (Fsp3) is 0.333. The lowest BCUT2D eigenvalue weighted by Gasteiger charge is -2.26. The molecule has 0 saturated carbocycles. The SMILES string of the molecule is O=C(CCCC(=O)N(Cc1ccc(F)cc1)c1cccc(OCCN2CCOCC2)c1)N(CCc1ccccc1)Cc1ccccc1. The summed E-state index contributed by atoms with van der Waals surface area (Å²) in [5.74, 6) is 0.274. The number of anilines is 1. The first-order chi connectivity index (χ1) is 23.0. The molecule has 5 rings (SSSR count). The third-order valence-corrected chi connectivity index (χ3v) is 8.33. The van der Waals surface area contributed by atoms with Gasteiger partial charge in [-0.25, -0.2) is 4.39 Å². The van der Waals surface area contributed by atoms with Gasteiger partial charge in [-0.2, -0.15) is 0 Å². The minimum atomic E-state index is -0.326. The largest absolute Gasteiger partial charge is 0.492 e. The van der Waals surface area contributed by atoms with Gasteiger partial charge in [-0.3, -0.25) is 14.5 Å². The molecule has 1 aliphatic rings. The van der Waals surface area contributed by atoms with Gasteiger partial charge < -0.3 is 19.3 Å². The van der Waals surface area contributed by atoms with Gasteiger partial charge in [-0.15, -0.1) is 0 Å². The van der Waals surface area contributed by atoms with E-state index in [1.54, 1.807) is 17.0 Å². The van der Waals surface area contributed by atoms with E-state index in [1.807, 2.05) is 77.7 Å². The third-order valence-electron chi connectivity index (χ3n) is 8.33. The Balaban J connectivity index is 1.22. The molecule has 7 nitrogen and oxygen atoms in total. The second-order valence-electron chi connectivity index (χ2n) is 11.8. The lowest BCUT2D eigenvalue weighted by atomic mass is 10.1. The monoisotopic (exact) mass is 637 g/mol. The van der Waals surface area contributed by atoms with E-state index >= 15 is 0 Å². The summed E-state index contributed by atoms with van der Waals surface area (Å²) in [5, 5.41) is 0. The average Bonchev–Trinajstić information content (AvgIpc) is 3.11. The molecule has 2 amide bonds. The fourth-order valence-corrected chi connectivity index (χ4v) is 5.64. The second-order valence-corrected chi connectivity index (χ2v) is 11.8. The number of rotatable bonds is 16. The van der Waals surface area contributed by atoms with Crippen molar-refractivity contribution in [3.05, 3.63) is 132 Å². The maximum Gasteiger partial charge on any atom is 0.227 e. The van der Waals surface area contributed by atoms with Crippen LogP contribution in [-0.4, -0.2) is 67.6 Å². The van der Waals surface area contributed by atoms with E-state index in [9.17, 15) is 14.0 Å². The highest BCUT2D eigenvalue weighted by Crippen LogP contribution is 2.25. The number of morpholine rings is 1. The maximum absolute atomic E-state index is 13.8. The minimum absolute atomic E-state index is 0.0262. The molecule has 4 aromatic rings. The molecule has 1 saturated heterocycles. The van der Waals surface area contributed by atoms with E-state index in [2.05, 4.69) is 17.0 Å². The van der Waals surface area contributed by atoms with Crippen LogP contribution in [0.5, 0.6) is 5.75 Å². The van der Waals surface area contributed by atoms with Crippen LogP contribution in [-0.2, 0) is 33.8 Å². The average molecular weight is 638 g/mol. The quantitative estimate of drug-likeness (QED) is 0.140. The van der Waals surface area contributed by atoms with Crippen molar-refractivity contribution >= 4 is 17.5 Å². The number of carbonyl (C=O) groups excluding carboxylic acids is 2. The Morgan fingerprint density at radius 1 is 0.745 bits per heavy atom. The molecular weight excluding hydrogens is 593 g/mol. The van der Waals surface area contributed by atoms with Crippen LogP contribution in [0.3, 0.4) is 0 Å². The molecule has 246 valence electrons. The van der Waals surface area contributed by atoms with Crippen molar-refractivity contribution in [1.82, 2.24) is 9.80 Å². The molecule has 4 aromatic carbocycles. The Kier molecular flexibility index (Phi) is 12.9. The third kappa shape index (κ3) is 11.0. The van der Waals surface area contributed by atoms with E-state index in [-0.39, 0.29) is 37.0 Å². The van der Waals surface area contributed by atoms with Crippen molar-refractivity contribution in [3.8, 4) is 5.75 Å². The van der Waals surface area contributed by atoms with E-state index < -0.39 is 0 Å². The summed E-state index contributed by atoms with van der Waals surface area (Å²) in [6.45, 7) is 5.98. The smallest absolute Gasteiger partial charge is 0.227 e. The molecule has 0 aromatic heterocycles. The zero-order valence-electron chi connectivity index (χ0n) is 26.9. The molecule has 1 fully saturated rings. The number of benzene rings is 4. The summed E-state index contributed by atoms with van der Waals surface area (Å²) in [5.41, 5.74) is 3.76. The molecule has 0 aliphatic carbocycles. The van der Waals surface area contributed by atoms with Crippen molar-refractivity contribution < 1.29 is 23.5 Å². The Morgan fingerprint density at radius 2 is 1.40 bits per heavy atom. The first-order valence-electron chi connectivity index (χ1n) is 16.5. The van der Waals surface area contributed by atoms with Gasteiger partial charge in [0.1, 0.15) is 18.2 Å². The summed E-state index contributed by atoms with van der Waals surface area (Å²) in [4.78, 5) is 33.2. The predicted octanol–water partition coefficient (Wildman–Crippen LogP) is 6.51.